The van der Waals surface area contributed by atoms with Gasteiger partial charge in [-0.1, -0.05) is 59.3 Å². The number of aryl methyl sites for hydroxylation is 1. The number of H-pyrrole nitrogens is 1. The average Bonchev–Trinajstić information content (AvgIpc) is 3.27. The molecule has 0 aliphatic carbocycles. The summed E-state index contributed by atoms with van der Waals surface area (Å²) in [6.45, 7) is 2.20. The molecular weight excluding hydrogens is 392 g/mol. The van der Waals surface area contributed by atoms with Crippen LogP contribution in [0.3, 0.4) is 0 Å². The lowest BCUT2D eigenvalue weighted by atomic mass is 10.1. The van der Waals surface area contributed by atoms with Crippen molar-refractivity contribution in [2.24, 2.45) is 0 Å². The van der Waals surface area contributed by atoms with E-state index >= 15 is 0 Å². The highest BCUT2D eigenvalue weighted by Gasteiger charge is 2.14. The molecule has 0 fully saturated rings. The van der Waals surface area contributed by atoms with Gasteiger partial charge in [0.1, 0.15) is 0 Å². The van der Waals surface area contributed by atoms with Crippen LogP contribution in [0.1, 0.15) is 11.1 Å². The maximum atomic E-state index is 12.9. The van der Waals surface area contributed by atoms with Crippen LogP contribution in [-0.2, 0) is 6.54 Å². The SMILES string of the molecule is Cc1cccc(-c2noc(-c3ccc4c(=O)n(Cc5ccccc5)c(=O)[nH]c4c3)n2)c1. The minimum Gasteiger partial charge on any atom is -0.334 e. The lowest BCUT2D eigenvalue weighted by molar-refractivity contribution is 0.432. The van der Waals surface area contributed by atoms with Crippen LogP contribution in [0.15, 0.2) is 86.9 Å². The topological polar surface area (TPSA) is 93.8 Å². The van der Waals surface area contributed by atoms with Crippen molar-refractivity contribution in [3.05, 3.63) is 105 Å². The van der Waals surface area contributed by atoms with Gasteiger partial charge in [0.05, 0.1) is 17.4 Å². The summed E-state index contributed by atoms with van der Waals surface area (Å²) in [6.07, 6.45) is 0. The number of benzene rings is 3. The molecular formula is C24H18N4O3. The van der Waals surface area contributed by atoms with Gasteiger partial charge < -0.3 is 9.51 Å². The van der Waals surface area contributed by atoms with E-state index in [4.69, 9.17) is 4.52 Å². The molecule has 5 rings (SSSR count). The van der Waals surface area contributed by atoms with Crippen molar-refractivity contribution < 1.29 is 4.52 Å². The Hall–Kier alpha value is -4.26. The van der Waals surface area contributed by atoms with E-state index in [-0.39, 0.29) is 12.1 Å². The van der Waals surface area contributed by atoms with Crippen LogP contribution in [0.25, 0.3) is 33.7 Å². The molecule has 0 bridgehead atoms. The molecule has 0 atom stereocenters. The van der Waals surface area contributed by atoms with Crippen LogP contribution in [0.4, 0.5) is 0 Å². The van der Waals surface area contributed by atoms with E-state index in [1.54, 1.807) is 18.2 Å². The number of aromatic nitrogens is 4. The molecule has 152 valence electrons. The molecule has 1 N–H and O–H groups in total. The normalized spacial score (nSPS) is 11.1. The van der Waals surface area contributed by atoms with Crippen molar-refractivity contribution in [3.63, 3.8) is 0 Å². The second-order valence-electron chi connectivity index (χ2n) is 7.36. The summed E-state index contributed by atoms with van der Waals surface area (Å²) in [4.78, 5) is 32.8. The van der Waals surface area contributed by atoms with E-state index in [0.717, 1.165) is 16.7 Å². The molecule has 0 spiro atoms. The van der Waals surface area contributed by atoms with E-state index in [1.165, 1.54) is 4.57 Å². The summed E-state index contributed by atoms with van der Waals surface area (Å²) in [5, 5.41) is 4.47. The second kappa shape index (κ2) is 7.53. The zero-order valence-corrected chi connectivity index (χ0v) is 16.7. The molecule has 0 amide bonds. The fourth-order valence-electron chi connectivity index (χ4n) is 3.54. The molecule has 0 saturated heterocycles. The van der Waals surface area contributed by atoms with E-state index in [1.807, 2.05) is 61.5 Å². The number of hydrogen-bond donors (Lipinski definition) is 1. The van der Waals surface area contributed by atoms with Gasteiger partial charge >= 0.3 is 5.69 Å². The monoisotopic (exact) mass is 410 g/mol. The first-order valence-electron chi connectivity index (χ1n) is 9.80. The lowest BCUT2D eigenvalue weighted by Crippen LogP contribution is -2.35. The van der Waals surface area contributed by atoms with Gasteiger partial charge in [-0.2, -0.15) is 4.98 Å². The molecule has 2 aromatic heterocycles. The van der Waals surface area contributed by atoms with Crippen LogP contribution in [0.5, 0.6) is 0 Å². The predicted octanol–water partition coefficient (Wildman–Crippen LogP) is 3.76. The molecule has 2 heterocycles. The summed E-state index contributed by atoms with van der Waals surface area (Å²) in [6, 6.07) is 22.3. The molecule has 7 heteroatoms. The van der Waals surface area contributed by atoms with Gasteiger partial charge in [-0.15, -0.1) is 0 Å². The molecule has 0 aliphatic heterocycles. The van der Waals surface area contributed by atoms with Crippen molar-refractivity contribution >= 4 is 10.9 Å². The van der Waals surface area contributed by atoms with Crippen LogP contribution >= 0.6 is 0 Å². The summed E-state index contributed by atoms with van der Waals surface area (Å²) in [7, 11) is 0. The van der Waals surface area contributed by atoms with Gasteiger partial charge in [0.15, 0.2) is 0 Å². The fourth-order valence-corrected chi connectivity index (χ4v) is 3.54. The highest BCUT2D eigenvalue weighted by molar-refractivity contribution is 5.82. The van der Waals surface area contributed by atoms with Gasteiger partial charge in [0.25, 0.3) is 11.4 Å². The fraction of sp³-hybridized carbons (Fsp3) is 0.0833. The Bertz CT molecular complexity index is 1510. The lowest BCUT2D eigenvalue weighted by Gasteiger charge is -2.07. The highest BCUT2D eigenvalue weighted by atomic mass is 16.5. The first kappa shape index (κ1) is 18.7. The average molecular weight is 410 g/mol. The van der Waals surface area contributed by atoms with Crippen molar-refractivity contribution in [2.45, 2.75) is 13.5 Å². The Labute approximate surface area is 176 Å². The first-order valence-corrected chi connectivity index (χ1v) is 9.80. The first-order chi connectivity index (χ1) is 15.1. The molecule has 5 aromatic rings. The predicted molar refractivity (Wildman–Crippen MR) is 118 cm³/mol. The number of nitrogens with zero attached hydrogens (tertiary/aromatic N) is 3. The van der Waals surface area contributed by atoms with Crippen molar-refractivity contribution in [1.82, 2.24) is 19.7 Å². The third-order valence-electron chi connectivity index (χ3n) is 5.11. The summed E-state index contributed by atoms with van der Waals surface area (Å²) >= 11 is 0. The highest BCUT2D eigenvalue weighted by Crippen LogP contribution is 2.24. The molecule has 31 heavy (non-hydrogen) atoms. The molecule has 0 saturated carbocycles. The maximum absolute atomic E-state index is 12.9. The molecule has 7 nitrogen and oxygen atoms in total. The largest absolute Gasteiger partial charge is 0.334 e. The molecule has 0 radical (unpaired) electrons. The Morgan fingerprint density at radius 1 is 0.935 bits per heavy atom. The van der Waals surface area contributed by atoms with Gasteiger partial charge in [0, 0.05) is 11.1 Å². The van der Waals surface area contributed by atoms with Gasteiger partial charge in [0.2, 0.25) is 5.82 Å². The quantitative estimate of drug-likeness (QED) is 0.487. The number of aromatic amines is 1. The van der Waals surface area contributed by atoms with Crippen LogP contribution in [-0.4, -0.2) is 19.7 Å². The second-order valence-corrected chi connectivity index (χ2v) is 7.36. The standard InChI is InChI=1S/C24H18N4O3/c1-15-6-5-9-17(12-15)21-26-22(31-27-21)18-10-11-19-20(13-18)25-24(30)28(23(19)29)14-16-7-3-2-4-8-16/h2-13H,14H2,1H3,(H,25,30). The Kier molecular flexibility index (Phi) is 4.55. The van der Waals surface area contributed by atoms with Crippen LogP contribution < -0.4 is 11.2 Å². The maximum Gasteiger partial charge on any atom is 0.329 e. The Morgan fingerprint density at radius 3 is 2.58 bits per heavy atom. The molecule has 0 unspecified atom stereocenters. The third-order valence-corrected chi connectivity index (χ3v) is 5.11. The molecule has 3 aromatic carbocycles. The molecule has 0 aliphatic rings. The Balaban J connectivity index is 1.53. The van der Waals surface area contributed by atoms with Gasteiger partial charge in [-0.3, -0.25) is 9.36 Å². The summed E-state index contributed by atoms with van der Waals surface area (Å²) in [5.74, 6) is 0.790. The van der Waals surface area contributed by atoms with E-state index in [0.29, 0.717) is 28.2 Å². The minimum atomic E-state index is -0.468. The van der Waals surface area contributed by atoms with E-state index in [2.05, 4.69) is 15.1 Å². The smallest absolute Gasteiger partial charge is 0.329 e. The van der Waals surface area contributed by atoms with E-state index in [9.17, 15) is 9.59 Å². The Morgan fingerprint density at radius 2 is 1.77 bits per heavy atom. The van der Waals surface area contributed by atoms with Gasteiger partial charge in [-0.25, -0.2) is 4.79 Å². The number of fused-ring (bicyclic) bond motifs is 1. The third kappa shape index (κ3) is 3.57. The van der Waals surface area contributed by atoms with E-state index < -0.39 is 5.69 Å². The number of hydrogen-bond acceptors (Lipinski definition) is 5. The number of nitrogens with one attached hydrogen (secondary N) is 1. The summed E-state index contributed by atoms with van der Waals surface area (Å²) < 4.78 is 6.61. The zero-order valence-electron chi connectivity index (χ0n) is 16.7. The zero-order chi connectivity index (χ0) is 21.4. The number of rotatable bonds is 4. The van der Waals surface area contributed by atoms with Gasteiger partial charge in [-0.05, 0) is 36.8 Å². The van der Waals surface area contributed by atoms with Crippen molar-refractivity contribution in [3.8, 4) is 22.8 Å². The van der Waals surface area contributed by atoms with Crippen molar-refractivity contribution in [2.75, 3.05) is 0 Å². The van der Waals surface area contributed by atoms with Crippen LogP contribution in [0, 0.1) is 6.92 Å². The summed E-state index contributed by atoms with van der Waals surface area (Å²) in [5.41, 5.74) is 3.05. The van der Waals surface area contributed by atoms with Crippen molar-refractivity contribution in [1.29, 1.82) is 0 Å². The minimum absolute atomic E-state index is 0.205. The van der Waals surface area contributed by atoms with Crippen LogP contribution in [0.2, 0.25) is 0 Å².